The topological polar surface area (TPSA) is 73.1 Å². The zero-order valence-electron chi connectivity index (χ0n) is 20.5. The van der Waals surface area contributed by atoms with E-state index in [0.717, 1.165) is 25.8 Å². The van der Waals surface area contributed by atoms with Crippen LogP contribution < -0.4 is 24.5 Å². The Morgan fingerprint density at radius 1 is 1.19 bits per heavy atom. The Balaban J connectivity index is 1.93. The number of carbonyl (C=O) groups excluding carboxylic acids is 1. The lowest BCUT2D eigenvalue weighted by atomic mass is 9.95. The standard InChI is InChI=1S/C26H25Br2N3O4S/c1-6-35-25(33)21-14(2)29-26-31(22(21)16-7-9-17(10-8-16)30(3)4)24(32)20(36-26)13-15-11-18(27)23(34-5)19(28)12-15/h7-13,22H,6H2,1-5H3/b20-13-/t22-/m0/s1. The van der Waals surface area contributed by atoms with E-state index in [-0.39, 0.29) is 12.2 Å². The summed E-state index contributed by atoms with van der Waals surface area (Å²) in [6.45, 7) is 3.77. The molecule has 7 nitrogen and oxygen atoms in total. The fraction of sp³-hybridized carbons (Fsp3) is 0.269. The van der Waals surface area contributed by atoms with E-state index < -0.39 is 12.0 Å². The molecule has 1 aliphatic heterocycles. The molecule has 0 saturated heterocycles. The molecule has 2 heterocycles. The van der Waals surface area contributed by atoms with E-state index in [1.165, 1.54) is 11.3 Å². The van der Waals surface area contributed by atoms with Gasteiger partial charge in [-0.15, -0.1) is 0 Å². The molecule has 0 spiro atoms. The molecule has 0 fully saturated rings. The largest absolute Gasteiger partial charge is 0.494 e. The molecule has 1 aromatic heterocycles. The minimum Gasteiger partial charge on any atom is -0.494 e. The highest BCUT2D eigenvalue weighted by Crippen LogP contribution is 2.35. The van der Waals surface area contributed by atoms with E-state index in [1.807, 2.05) is 61.5 Å². The number of aromatic nitrogens is 1. The first kappa shape index (κ1) is 26.4. The van der Waals surface area contributed by atoms with Crippen LogP contribution >= 0.6 is 43.2 Å². The molecule has 4 rings (SSSR count). The van der Waals surface area contributed by atoms with Gasteiger partial charge in [-0.1, -0.05) is 23.5 Å². The Hall–Kier alpha value is -2.69. The van der Waals surface area contributed by atoms with Gasteiger partial charge in [-0.3, -0.25) is 9.36 Å². The molecule has 0 amide bonds. The molecule has 0 aliphatic carbocycles. The van der Waals surface area contributed by atoms with E-state index in [1.54, 1.807) is 25.5 Å². The van der Waals surface area contributed by atoms with Gasteiger partial charge >= 0.3 is 5.97 Å². The molecule has 3 aromatic rings. The normalized spacial score (nSPS) is 15.4. The number of rotatable bonds is 6. The van der Waals surface area contributed by atoms with E-state index in [2.05, 4.69) is 36.9 Å². The molecule has 0 N–H and O–H groups in total. The Kier molecular flexibility index (Phi) is 7.87. The van der Waals surface area contributed by atoms with Gasteiger partial charge in [-0.2, -0.15) is 0 Å². The Labute approximate surface area is 229 Å². The van der Waals surface area contributed by atoms with Crippen LogP contribution in [-0.2, 0) is 9.53 Å². The molecule has 10 heteroatoms. The zero-order chi connectivity index (χ0) is 26.1. The Morgan fingerprint density at radius 3 is 2.39 bits per heavy atom. The molecule has 1 atom stereocenters. The van der Waals surface area contributed by atoms with Crippen molar-refractivity contribution in [2.24, 2.45) is 4.99 Å². The van der Waals surface area contributed by atoms with Gasteiger partial charge in [0.2, 0.25) is 0 Å². The minimum atomic E-state index is -0.645. The number of thiazole rings is 1. The number of hydrogen-bond donors (Lipinski definition) is 0. The van der Waals surface area contributed by atoms with Crippen LogP contribution in [0.4, 0.5) is 5.69 Å². The number of anilines is 1. The zero-order valence-corrected chi connectivity index (χ0v) is 24.5. The first-order valence-corrected chi connectivity index (χ1v) is 13.6. The number of benzene rings is 2. The van der Waals surface area contributed by atoms with Crippen molar-refractivity contribution < 1.29 is 14.3 Å². The van der Waals surface area contributed by atoms with Crippen molar-refractivity contribution >= 4 is 60.9 Å². The number of esters is 1. The maximum atomic E-state index is 13.8. The van der Waals surface area contributed by atoms with Crippen molar-refractivity contribution in [2.45, 2.75) is 19.9 Å². The first-order chi connectivity index (χ1) is 17.2. The number of methoxy groups -OCH3 is 1. The summed E-state index contributed by atoms with van der Waals surface area (Å²) in [4.78, 5) is 33.9. The van der Waals surface area contributed by atoms with Crippen LogP contribution in [0.25, 0.3) is 6.08 Å². The Morgan fingerprint density at radius 2 is 1.83 bits per heavy atom. The molecule has 1 aliphatic rings. The molecule has 0 unspecified atom stereocenters. The number of hydrogen-bond acceptors (Lipinski definition) is 7. The molecule has 0 saturated carbocycles. The lowest BCUT2D eigenvalue weighted by Crippen LogP contribution is -2.39. The summed E-state index contributed by atoms with van der Waals surface area (Å²) in [5.74, 6) is 0.196. The second-order valence-corrected chi connectivity index (χ2v) is 11.0. The average Bonchev–Trinajstić information content (AvgIpc) is 3.12. The van der Waals surface area contributed by atoms with Gasteiger partial charge in [-0.25, -0.2) is 9.79 Å². The van der Waals surface area contributed by atoms with E-state index in [9.17, 15) is 9.59 Å². The highest BCUT2D eigenvalue weighted by atomic mass is 79.9. The van der Waals surface area contributed by atoms with Gasteiger partial charge in [0.05, 0.1) is 44.5 Å². The van der Waals surface area contributed by atoms with Gasteiger partial charge in [0.25, 0.3) is 5.56 Å². The summed E-state index contributed by atoms with van der Waals surface area (Å²) in [5.41, 5.74) is 3.31. The molecule has 0 bridgehead atoms. The third-order valence-electron chi connectivity index (χ3n) is 5.76. The van der Waals surface area contributed by atoms with Gasteiger partial charge in [0, 0.05) is 19.8 Å². The SMILES string of the molecule is CCOC(=O)C1=C(C)N=c2s/c(=C\c3cc(Br)c(OC)c(Br)c3)c(=O)n2[C@H]1c1ccc(N(C)C)cc1. The van der Waals surface area contributed by atoms with Crippen LogP contribution in [0.3, 0.4) is 0 Å². The van der Waals surface area contributed by atoms with Crippen molar-refractivity contribution in [1.29, 1.82) is 0 Å². The predicted molar refractivity (Wildman–Crippen MR) is 150 cm³/mol. The lowest BCUT2D eigenvalue weighted by molar-refractivity contribution is -0.139. The summed E-state index contributed by atoms with van der Waals surface area (Å²) in [6.07, 6.45) is 1.81. The summed E-state index contributed by atoms with van der Waals surface area (Å²) >= 11 is 8.32. The van der Waals surface area contributed by atoms with Crippen molar-refractivity contribution in [3.8, 4) is 5.75 Å². The first-order valence-electron chi connectivity index (χ1n) is 11.2. The summed E-state index contributed by atoms with van der Waals surface area (Å²) < 4.78 is 14.4. The van der Waals surface area contributed by atoms with Gasteiger partial charge in [-0.05, 0) is 87.2 Å². The smallest absolute Gasteiger partial charge is 0.338 e. The van der Waals surface area contributed by atoms with Crippen molar-refractivity contribution in [1.82, 2.24) is 4.57 Å². The summed E-state index contributed by atoms with van der Waals surface area (Å²) in [5, 5.41) is 0. The van der Waals surface area contributed by atoms with Crippen LogP contribution in [0.2, 0.25) is 0 Å². The van der Waals surface area contributed by atoms with Crippen molar-refractivity contribution in [3.63, 3.8) is 0 Å². The molecule has 2 aromatic carbocycles. The number of carbonyl (C=O) groups is 1. The van der Waals surface area contributed by atoms with Crippen LogP contribution in [-0.4, -0.2) is 38.3 Å². The second-order valence-electron chi connectivity index (χ2n) is 8.31. The van der Waals surface area contributed by atoms with Gasteiger partial charge in [0.15, 0.2) is 4.80 Å². The van der Waals surface area contributed by atoms with Crippen LogP contribution in [0.5, 0.6) is 5.75 Å². The van der Waals surface area contributed by atoms with Crippen LogP contribution in [0, 0.1) is 0 Å². The molecule has 0 radical (unpaired) electrons. The molecular formula is C26H25Br2N3O4S. The van der Waals surface area contributed by atoms with Crippen molar-refractivity contribution in [2.75, 3.05) is 32.7 Å². The van der Waals surface area contributed by atoms with E-state index >= 15 is 0 Å². The quantitative estimate of drug-likeness (QED) is 0.376. The minimum absolute atomic E-state index is 0.224. The van der Waals surface area contributed by atoms with Crippen LogP contribution in [0.15, 0.2) is 66.4 Å². The molecule has 36 heavy (non-hydrogen) atoms. The maximum Gasteiger partial charge on any atom is 0.338 e. The van der Waals surface area contributed by atoms with Gasteiger partial charge in [0.1, 0.15) is 5.75 Å². The number of halogens is 2. The summed E-state index contributed by atoms with van der Waals surface area (Å²) in [6, 6.07) is 10.9. The molecular weight excluding hydrogens is 610 g/mol. The number of allylic oxidation sites excluding steroid dienone is 1. The third-order valence-corrected chi connectivity index (χ3v) is 7.93. The number of fused-ring (bicyclic) bond motifs is 1. The average molecular weight is 635 g/mol. The monoisotopic (exact) mass is 633 g/mol. The number of nitrogens with zero attached hydrogens (tertiary/aromatic N) is 3. The fourth-order valence-electron chi connectivity index (χ4n) is 4.07. The maximum absolute atomic E-state index is 13.8. The van der Waals surface area contributed by atoms with E-state index in [4.69, 9.17) is 9.47 Å². The lowest BCUT2D eigenvalue weighted by Gasteiger charge is -2.25. The fourth-order valence-corrected chi connectivity index (χ4v) is 6.66. The highest BCUT2D eigenvalue weighted by Gasteiger charge is 2.33. The third kappa shape index (κ3) is 4.94. The summed E-state index contributed by atoms with van der Waals surface area (Å²) in [7, 11) is 5.52. The van der Waals surface area contributed by atoms with Crippen LogP contribution in [0.1, 0.15) is 31.0 Å². The van der Waals surface area contributed by atoms with Crippen molar-refractivity contribution in [3.05, 3.63) is 87.4 Å². The number of ether oxygens (including phenoxy) is 2. The van der Waals surface area contributed by atoms with E-state index in [0.29, 0.717) is 26.4 Å². The Bertz CT molecular complexity index is 1520. The van der Waals surface area contributed by atoms with Gasteiger partial charge < -0.3 is 14.4 Å². The molecule has 188 valence electrons. The second kappa shape index (κ2) is 10.7. The highest BCUT2D eigenvalue weighted by molar-refractivity contribution is 9.11. The predicted octanol–water partition coefficient (Wildman–Crippen LogP) is 4.40.